The maximum Gasteiger partial charge on any atom is 0.264 e. The van der Waals surface area contributed by atoms with Crippen LogP contribution in [0.25, 0.3) is 0 Å². The minimum atomic E-state index is -0.128. The summed E-state index contributed by atoms with van der Waals surface area (Å²) in [4.78, 5) is 13.6. The zero-order chi connectivity index (χ0) is 14.5. The molecule has 0 aromatic heterocycles. The van der Waals surface area contributed by atoms with E-state index in [4.69, 9.17) is 10.5 Å². The molecule has 0 bridgehead atoms. The minimum absolute atomic E-state index is 0.0431. The van der Waals surface area contributed by atoms with E-state index in [0.29, 0.717) is 11.4 Å². The molecule has 0 radical (unpaired) electrons. The molecule has 20 heavy (non-hydrogen) atoms. The van der Waals surface area contributed by atoms with Crippen molar-refractivity contribution in [3.63, 3.8) is 0 Å². The van der Waals surface area contributed by atoms with Gasteiger partial charge in [-0.1, -0.05) is 29.8 Å². The van der Waals surface area contributed by atoms with Crippen molar-refractivity contribution in [2.45, 2.75) is 6.92 Å². The number of hydrogen-bond donors (Lipinski definition) is 1. The first-order valence-corrected chi connectivity index (χ1v) is 6.38. The normalized spacial score (nSPS) is 10.1. The van der Waals surface area contributed by atoms with Gasteiger partial charge in [-0.05, 0) is 31.2 Å². The van der Waals surface area contributed by atoms with E-state index in [1.165, 1.54) is 0 Å². The lowest BCUT2D eigenvalue weighted by Gasteiger charge is -2.18. The van der Waals surface area contributed by atoms with Gasteiger partial charge in [-0.15, -0.1) is 0 Å². The van der Waals surface area contributed by atoms with Gasteiger partial charge in [0.05, 0.1) is 5.69 Å². The summed E-state index contributed by atoms with van der Waals surface area (Å²) < 4.78 is 5.45. The summed E-state index contributed by atoms with van der Waals surface area (Å²) in [6.07, 6.45) is 0. The predicted octanol–water partition coefficient (Wildman–Crippen LogP) is 2.62. The number of nitrogens with two attached hydrogens (primary N) is 1. The molecule has 0 aliphatic heterocycles. The van der Waals surface area contributed by atoms with Gasteiger partial charge in [0.2, 0.25) is 0 Å². The number of carbonyl (C=O) groups excluding carboxylic acids is 1. The lowest BCUT2D eigenvalue weighted by molar-refractivity contribution is -0.120. The van der Waals surface area contributed by atoms with Gasteiger partial charge >= 0.3 is 0 Å². The Kier molecular flexibility index (Phi) is 4.25. The quantitative estimate of drug-likeness (QED) is 0.869. The van der Waals surface area contributed by atoms with Crippen molar-refractivity contribution in [3.8, 4) is 5.75 Å². The van der Waals surface area contributed by atoms with Crippen molar-refractivity contribution in [2.75, 3.05) is 24.3 Å². The van der Waals surface area contributed by atoms with E-state index in [1.807, 2.05) is 43.3 Å². The molecule has 2 N–H and O–H groups in total. The molecule has 2 aromatic rings. The van der Waals surface area contributed by atoms with Gasteiger partial charge < -0.3 is 15.4 Å². The third kappa shape index (κ3) is 3.29. The van der Waals surface area contributed by atoms with Crippen LogP contribution in [-0.2, 0) is 4.79 Å². The minimum Gasteiger partial charge on any atom is -0.482 e. The van der Waals surface area contributed by atoms with Crippen molar-refractivity contribution in [1.82, 2.24) is 0 Å². The summed E-state index contributed by atoms with van der Waals surface area (Å²) in [7, 11) is 1.73. The number of hydrogen-bond acceptors (Lipinski definition) is 3. The fraction of sp³-hybridized carbons (Fsp3) is 0.188. The van der Waals surface area contributed by atoms with Crippen LogP contribution in [0.4, 0.5) is 11.4 Å². The molecular weight excluding hydrogens is 252 g/mol. The Morgan fingerprint density at radius 1 is 1.15 bits per heavy atom. The number of rotatable bonds is 4. The van der Waals surface area contributed by atoms with Crippen LogP contribution in [0.5, 0.6) is 5.75 Å². The highest BCUT2D eigenvalue weighted by molar-refractivity contribution is 5.93. The van der Waals surface area contributed by atoms with Gasteiger partial charge in [0.1, 0.15) is 5.75 Å². The van der Waals surface area contributed by atoms with Crippen LogP contribution in [0.2, 0.25) is 0 Å². The Morgan fingerprint density at radius 2 is 1.80 bits per heavy atom. The van der Waals surface area contributed by atoms with Crippen LogP contribution in [-0.4, -0.2) is 19.6 Å². The predicted molar refractivity (Wildman–Crippen MR) is 80.9 cm³/mol. The number of ether oxygens (including phenoxy) is 1. The summed E-state index contributed by atoms with van der Waals surface area (Å²) in [6.45, 7) is 1.96. The molecule has 2 rings (SSSR count). The molecule has 0 heterocycles. The van der Waals surface area contributed by atoms with Crippen molar-refractivity contribution in [1.29, 1.82) is 0 Å². The van der Waals surface area contributed by atoms with Crippen molar-refractivity contribution in [2.24, 2.45) is 0 Å². The van der Waals surface area contributed by atoms with Gasteiger partial charge in [0.15, 0.2) is 6.61 Å². The summed E-state index contributed by atoms with van der Waals surface area (Å²) in [5.74, 6) is 0.398. The van der Waals surface area contributed by atoms with Gasteiger partial charge in [-0.3, -0.25) is 4.79 Å². The second-order valence-corrected chi connectivity index (χ2v) is 4.61. The molecule has 0 fully saturated rings. The monoisotopic (exact) mass is 270 g/mol. The van der Waals surface area contributed by atoms with Crippen molar-refractivity contribution < 1.29 is 9.53 Å². The van der Waals surface area contributed by atoms with Crippen LogP contribution in [0.15, 0.2) is 48.5 Å². The Hall–Kier alpha value is -2.49. The van der Waals surface area contributed by atoms with E-state index in [1.54, 1.807) is 24.1 Å². The van der Waals surface area contributed by atoms with Crippen molar-refractivity contribution >= 4 is 17.3 Å². The first-order valence-electron chi connectivity index (χ1n) is 6.38. The summed E-state index contributed by atoms with van der Waals surface area (Å²) in [6, 6.07) is 14.9. The third-order valence-electron chi connectivity index (χ3n) is 3.07. The van der Waals surface area contributed by atoms with Crippen LogP contribution >= 0.6 is 0 Å². The molecule has 0 aliphatic rings. The standard InChI is InChI=1S/C16H18N2O2/c1-12-7-9-13(10-8-12)18(2)16(19)11-20-15-6-4-3-5-14(15)17/h3-10H,11,17H2,1-2H3. The summed E-state index contributed by atoms with van der Waals surface area (Å²) in [5, 5.41) is 0. The molecule has 0 saturated carbocycles. The molecule has 104 valence electrons. The Bertz CT molecular complexity index is 594. The highest BCUT2D eigenvalue weighted by atomic mass is 16.5. The zero-order valence-corrected chi connectivity index (χ0v) is 11.7. The molecule has 4 heteroatoms. The Balaban J connectivity index is 1.98. The SMILES string of the molecule is Cc1ccc(N(C)C(=O)COc2ccccc2N)cc1. The summed E-state index contributed by atoms with van der Waals surface area (Å²) >= 11 is 0. The van der Waals surface area contributed by atoms with Gasteiger partial charge in [0, 0.05) is 12.7 Å². The number of benzene rings is 2. The van der Waals surface area contributed by atoms with E-state index >= 15 is 0 Å². The number of amides is 1. The van der Waals surface area contributed by atoms with E-state index in [9.17, 15) is 4.79 Å². The van der Waals surface area contributed by atoms with Crippen LogP contribution < -0.4 is 15.4 Å². The average Bonchev–Trinajstić information content (AvgIpc) is 2.46. The molecule has 0 unspecified atom stereocenters. The van der Waals surface area contributed by atoms with E-state index in [2.05, 4.69) is 0 Å². The largest absolute Gasteiger partial charge is 0.482 e. The highest BCUT2D eigenvalue weighted by Gasteiger charge is 2.12. The molecule has 2 aromatic carbocycles. The van der Waals surface area contributed by atoms with Crippen LogP contribution in [0.1, 0.15) is 5.56 Å². The molecule has 0 aliphatic carbocycles. The maximum absolute atomic E-state index is 12.1. The lowest BCUT2D eigenvalue weighted by Crippen LogP contribution is -2.31. The number of anilines is 2. The number of nitrogen functional groups attached to an aromatic ring is 1. The second-order valence-electron chi connectivity index (χ2n) is 4.61. The molecule has 0 atom stereocenters. The fourth-order valence-electron chi connectivity index (χ4n) is 1.76. The van der Waals surface area contributed by atoms with Crippen molar-refractivity contribution in [3.05, 3.63) is 54.1 Å². The molecule has 4 nitrogen and oxygen atoms in total. The first-order chi connectivity index (χ1) is 9.58. The number of carbonyl (C=O) groups is 1. The van der Waals surface area contributed by atoms with Gasteiger partial charge in [-0.25, -0.2) is 0 Å². The third-order valence-corrected chi connectivity index (χ3v) is 3.07. The van der Waals surface area contributed by atoms with Gasteiger partial charge in [-0.2, -0.15) is 0 Å². The van der Waals surface area contributed by atoms with Crippen LogP contribution in [0.3, 0.4) is 0 Å². The maximum atomic E-state index is 12.1. The first kappa shape index (κ1) is 13.9. The average molecular weight is 270 g/mol. The van der Waals surface area contributed by atoms with E-state index in [0.717, 1.165) is 11.3 Å². The number of para-hydroxylation sites is 2. The topological polar surface area (TPSA) is 55.6 Å². The van der Waals surface area contributed by atoms with E-state index in [-0.39, 0.29) is 12.5 Å². The molecule has 1 amide bonds. The molecule has 0 saturated heterocycles. The highest BCUT2D eigenvalue weighted by Crippen LogP contribution is 2.20. The zero-order valence-electron chi connectivity index (χ0n) is 11.7. The Labute approximate surface area is 118 Å². The molecular formula is C16H18N2O2. The number of aryl methyl sites for hydroxylation is 1. The van der Waals surface area contributed by atoms with Gasteiger partial charge in [0.25, 0.3) is 5.91 Å². The fourth-order valence-corrected chi connectivity index (χ4v) is 1.76. The second kappa shape index (κ2) is 6.10. The Morgan fingerprint density at radius 3 is 2.45 bits per heavy atom. The lowest BCUT2D eigenvalue weighted by atomic mass is 10.2. The number of nitrogens with zero attached hydrogens (tertiary/aromatic N) is 1. The number of likely N-dealkylation sites (N-methyl/N-ethyl adjacent to an activating group) is 1. The summed E-state index contributed by atoms with van der Waals surface area (Å²) in [5.41, 5.74) is 8.28. The van der Waals surface area contributed by atoms with E-state index < -0.39 is 0 Å². The molecule has 0 spiro atoms. The van der Waals surface area contributed by atoms with Crippen LogP contribution in [0, 0.1) is 6.92 Å². The smallest absolute Gasteiger partial charge is 0.264 e.